The smallest absolute Gasteiger partial charge is 0.302 e. The Hall–Kier alpha value is -2.88. The van der Waals surface area contributed by atoms with Gasteiger partial charge in [-0.05, 0) is 13.8 Å². The molecule has 1 aliphatic rings. The number of hydrogen-bond acceptors (Lipinski definition) is 9. The summed E-state index contributed by atoms with van der Waals surface area (Å²) in [6, 6.07) is 5.79. The van der Waals surface area contributed by atoms with E-state index >= 15 is 0 Å². The third-order valence-corrected chi connectivity index (χ3v) is 5.67. The summed E-state index contributed by atoms with van der Waals surface area (Å²) in [6.07, 6.45) is 0. The van der Waals surface area contributed by atoms with Crippen molar-refractivity contribution >= 4 is 28.7 Å². The highest BCUT2D eigenvalue weighted by atomic mass is 32.2. The van der Waals surface area contributed by atoms with Gasteiger partial charge < -0.3 is 28.7 Å². The molecule has 0 saturated carbocycles. The van der Waals surface area contributed by atoms with E-state index < -0.39 is 0 Å². The summed E-state index contributed by atoms with van der Waals surface area (Å²) in [6.45, 7) is 6.40. The minimum absolute atomic E-state index is 0.0695. The van der Waals surface area contributed by atoms with E-state index in [9.17, 15) is 4.79 Å². The molecular weight excluding hydrogens is 406 g/mol. The highest BCUT2D eigenvalue weighted by Crippen LogP contribution is 2.30. The lowest BCUT2D eigenvalue weighted by Gasteiger charge is -2.36. The van der Waals surface area contributed by atoms with Crippen molar-refractivity contribution in [3.05, 3.63) is 29.6 Å². The fourth-order valence-electron chi connectivity index (χ4n) is 3.07. The molecule has 9 nitrogen and oxygen atoms in total. The first kappa shape index (κ1) is 21.8. The number of rotatable bonds is 6. The summed E-state index contributed by atoms with van der Waals surface area (Å²) in [5, 5.41) is -0.0695. The molecule has 30 heavy (non-hydrogen) atoms. The van der Waals surface area contributed by atoms with Crippen molar-refractivity contribution in [1.82, 2.24) is 14.9 Å². The zero-order valence-electron chi connectivity index (χ0n) is 17.9. The molecule has 0 unspecified atom stereocenters. The van der Waals surface area contributed by atoms with Crippen LogP contribution in [0.25, 0.3) is 0 Å². The lowest BCUT2D eigenvalue weighted by molar-refractivity contribution is 0.219. The number of carbonyl (C=O) groups is 1. The third kappa shape index (κ3) is 4.99. The standard InChI is InChI=1S/C20H27N5O4S/c1-13-14(2)22-19(29-5)18(21-13)23-30-20(26)25-8-6-24(7-9-25)15-10-16(27-3)12-17(11-15)28-4/h10-12H,6-9H2,1-5H3,(H,21,23). The molecule has 2 heterocycles. The number of amides is 1. The van der Waals surface area contributed by atoms with E-state index in [1.165, 1.54) is 7.11 Å². The molecule has 1 fully saturated rings. The Morgan fingerprint density at radius 1 is 0.933 bits per heavy atom. The Balaban J connectivity index is 1.58. The number of anilines is 2. The molecule has 1 saturated heterocycles. The first-order chi connectivity index (χ1) is 14.4. The Morgan fingerprint density at radius 2 is 1.53 bits per heavy atom. The molecule has 1 amide bonds. The van der Waals surface area contributed by atoms with Crippen molar-refractivity contribution in [2.24, 2.45) is 0 Å². The van der Waals surface area contributed by atoms with Gasteiger partial charge in [-0.3, -0.25) is 4.79 Å². The van der Waals surface area contributed by atoms with Gasteiger partial charge in [-0.25, -0.2) is 9.97 Å². The summed E-state index contributed by atoms with van der Waals surface area (Å²) in [5.74, 6) is 2.30. The predicted molar refractivity (Wildman–Crippen MR) is 118 cm³/mol. The van der Waals surface area contributed by atoms with Crippen molar-refractivity contribution < 1.29 is 19.0 Å². The van der Waals surface area contributed by atoms with Gasteiger partial charge >= 0.3 is 5.24 Å². The number of aryl methyl sites for hydroxylation is 2. The van der Waals surface area contributed by atoms with Crippen LogP contribution in [0.15, 0.2) is 18.2 Å². The zero-order valence-corrected chi connectivity index (χ0v) is 18.7. The Bertz CT molecular complexity index is 881. The fourth-order valence-corrected chi connectivity index (χ4v) is 3.70. The molecule has 162 valence electrons. The van der Waals surface area contributed by atoms with Crippen LogP contribution < -0.4 is 23.8 Å². The number of ether oxygens (including phenoxy) is 3. The van der Waals surface area contributed by atoms with E-state index in [0.29, 0.717) is 24.8 Å². The Kier molecular flexibility index (Phi) is 7.09. The van der Waals surface area contributed by atoms with Gasteiger partial charge in [-0.2, -0.15) is 0 Å². The van der Waals surface area contributed by atoms with Crippen LogP contribution in [0.4, 0.5) is 16.3 Å². The van der Waals surface area contributed by atoms with Gasteiger partial charge in [0.25, 0.3) is 5.88 Å². The predicted octanol–water partition coefficient (Wildman–Crippen LogP) is 3.12. The van der Waals surface area contributed by atoms with Crippen molar-refractivity contribution in [2.45, 2.75) is 13.8 Å². The highest BCUT2D eigenvalue weighted by molar-refractivity contribution is 8.14. The first-order valence-corrected chi connectivity index (χ1v) is 10.4. The van der Waals surface area contributed by atoms with Crippen molar-refractivity contribution in [3.8, 4) is 17.4 Å². The van der Waals surface area contributed by atoms with E-state index in [4.69, 9.17) is 14.2 Å². The quantitative estimate of drug-likeness (QED) is 0.690. The van der Waals surface area contributed by atoms with Gasteiger partial charge in [-0.15, -0.1) is 0 Å². The van der Waals surface area contributed by atoms with Gasteiger partial charge in [0.15, 0.2) is 5.82 Å². The lowest BCUT2D eigenvalue weighted by Crippen LogP contribution is -2.47. The Labute approximate surface area is 180 Å². The highest BCUT2D eigenvalue weighted by Gasteiger charge is 2.23. The monoisotopic (exact) mass is 433 g/mol. The number of hydrogen-bond donors (Lipinski definition) is 1. The van der Waals surface area contributed by atoms with Crippen LogP contribution >= 0.6 is 11.9 Å². The molecule has 3 rings (SSSR count). The van der Waals surface area contributed by atoms with Gasteiger partial charge in [0.05, 0.1) is 32.7 Å². The van der Waals surface area contributed by atoms with Crippen LogP contribution in [-0.4, -0.2) is 67.6 Å². The molecule has 1 aromatic carbocycles. The van der Waals surface area contributed by atoms with Crippen molar-refractivity contribution in [2.75, 3.05) is 57.1 Å². The van der Waals surface area contributed by atoms with Crippen LogP contribution in [0.5, 0.6) is 17.4 Å². The number of benzene rings is 1. The van der Waals surface area contributed by atoms with Gasteiger partial charge in [0.2, 0.25) is 0 Å². The van der Waals surface area contributed by atoms with E-state index in [0.717, 1.165) is 53.6 Å². The molecule has 1 N–H and O–H groups in total. The van der Waals surface area contributed by atoms with Gasteiger partial charge in [-0.1, -0.05) is 0 Å². The number of piperazine rings is 1. The second-order valence-corrected chi connectivity index (χ2v) is 7.52. The fraction of sp³-hybridized carbons (Fsp3) is 0.450. The molecule has 0 spiro atoms. The van der Waals surface area contributed by atoms with Crippen LogP contribution in [0, 0.1) is 13.8 Å². The lowest BCUT2D eigenvalue weighted by atomic mass is 10.2. The first-order valence-electron chi connectivity index (χ1n) is 9.54. The third-order valence-electron chi connectivity index (χ3n) is 4.94. The zero-order chi connectivity index (χ0) is 21.7. The summed E-state index contributed by atoms with van der Waals surface area (Å²) in [5.41, 5.74) is 2.59. The topological polar surface area (TPSA) is 89.1 Å². The maximum absolute atomic E-state index is 12.6. The number of nitrogens with zero attached hydrogens (tertiary/aromatic N) is 4. The van der Waals surface area contributed by atoms with Crippen LogP contribution in [-0.2, 0) is 0 Å². The molecule has 0 atom stereocenters. The second kappa shape index (κ2) is 9.75. The SMILES string of the molecule is COc1cc(OC)cc(N2CCN(C(=O)SNc3nc(C)c(C)nc3OC)CC2)c1. The Morgan fingerprint density at radius 3 is 2.10 bits per heavy atom. The molecular formula is C20H27N5O4S. The van der Waals surface area contributed by atoms with Gasteiger partial charge in [0.1, 0.15) is 11.5 Å². The maximum Gasteiger partial charge on any atom is 0.302 e. The molecule has 1 aromatic heterocycles. The van der Waals surface area contributed by atoms with E-state index in [-0.39, 0.29) is 5.24 Å². The molecule has 1 aliphatic heterocycles. The van der Waals surface area contributed by atoms with Crippen LogP contribution in [0.2, 0.25) is 0 Å². The number of carbonyl (C=O) groups excluding carboxylic acids is 1. The van der Waals surface area contributed by atoms with E-state index in [1.807, 2.05) is 36.9 Å². The van der Waals surface area contributed by atoms with E-state index in [2.05, 4.69) is 19.6 Å². The molecule has 0 bridgehead atoms. The molecule has 10 heteroatoms. The van der Waals surface area contributed by atoms with Crippen molar-refractivity contribution in [3.63, 3.8) is 0 Å². The minimum atomic E-state index is -0.0695. The average molecular weight is 434 g/mol. The summed E-state index contributed by atoms with van der Waals surface area (Å²) in [4.78, 5) is 25.4. The largest absolute Gasteiger partial charge is 0.497 e. The number of methoxy groups -OCH3 is 3. The maximum atomic E-state index is 12.6. The average Bonchev–Trinajstić information content (AvgIpc) is 2.78. The van der Waals surface area contributed by atoms with Crippen LogP contribution in [0.3, 0.4) is 0 Å². The number of nitrogens with one attached hydrogen (secondary N) is 1. The van der Waals surface area contributed by atoms with E-state index in [1.54, 1.807) is 14.2 Å². The van der Waals surface area contributed by atoms with Gasteiger partial charge in [0, 0.05) is 62.0 Å². The number of aromatic nitrogens is 2. The summed E-state index contributed by atoms with van der Waals surface area (Å²) < 4.78 is 18.9. The normalized spacial score (nSPS) is 13.8. The molecule has 0 aliphatic carbocycles. The van der Waals surface area contributed by atoms with Crippen molar-refractivity contribution in [1.29, 1.82) is 0 Å². The minimum Gasteiger partial charge on any atom is -0.497 e. The molecule has 2 aromatic rings. The second-order valence-electron chi connectivity index (χ2n) is 6.77. The summed E-state index contributed by atoms with van der Waals surface area (Å²) in [7, 11) is 4.80. The van der Waals surface area contributed by atoms with Crippen LogP contribution in [0.1, 0.15) is 11.4 Å². The summed E-state index contributed by atoms with van der Waals surface area (Å²) >= 11 is 0.985. The molecule has 0 radical (unpaired) electrons.